The van der Waals surface area contributed by atoms with E-state index in [1.165, 1.54) is 17.7 Å². The lowest BCUT2D eigenvalue weighted by Gasteiger charge is -2.20. The number of rotatable bonds is 3. The van der Waals surface area contributed by atoms with Crippen molar-refractivity contribution in [2.45, 2.75) is 32.2 Å². The Labute approximate surface area is 118 Å². The largest absolute Gasteiger partial charge is 0.340 e. The Balaban J connectivity index is 1.92. The van der Waals surface area contributed by atoms with E-state index in [-0.39, 0.29) is 5.92 Å². The molecule has 1 aromatic rings. The Hall–Kier alpha value is -1.31. The molecule has 2 N–H and O–H groups in total. The van der Waals surface area contributed by atoms with Crippen LogP contribution in [-0.4, -0.2) is 24.4 Å². The molecule has 1 saturated carbocycles. The summed E-state index contributed by atoms with van der Waals surface area (Å²) in [4.78, 5) is 15.2. The summed E-state index contributed by atoms with van der Waals surface area (Å²) in [6.07, 6.45) is 4.51. The minimum atomic E-state index is 0.251. The molecule has 19 heavy (non-hydrogen) atoms. The number of carbonyl (C=O) groups excluding carboxylic acids is 1. The third kappa shape index (κ3) is 3.82. The van der Waals surface area contributed by atoms with Gasteiger partial charge in [-0.15, -0.1) is 11.3 Å². The molecule has 1 heterocycles. The van der Waals surface area contributed by atoms with Crippen molar-refractivity contribution >= 4 is 17.2 Å². The van der Waals surface area contributed by atoms with Crippen LogP contribution >= 0.6 is 11.3 Å². The van der Waals surface area contributed by atoms with Crippen LogP contribution in [0.5, 0.6) is 0 Å². The van der Waals surface area contributed by atoms with E-state index in [1.807, 2.05) is 23.4 Å². The molecule has 0 unspecified atom stereocenters. The van der Waals surface area contributed by atoms with E-state index >= 15 is 0 Å². The highest BCUT2D eigenvalue weighted by atomic mass is 32.1. The molecule has 1 aromatic heterocycles. The maximum Gasteiger partial charge on any atom is 0.225 e. The average Bonchev–Trinajstić information content (AvgIpc) is 3.06. The van der Waals surface area contributed by atoms with Crippen LogP contribution in [0.4, 0.5) is 0 Å². The van der Waals surface area contributed by atoms with E-state index in [2.05, 4.69) is 11.8 Å². The highest BCUT2D eigenvalue weighted by molar-refractivity contribution is 7.10. The van der Waals surface area contributed by atoms with Crippen LogP contribution in [0.3, 0.4) is 0 Å². The molecule has 2 rings (SSSR count). The zero-order chi connectivity index (χ0) is 13.7. The molecule has 1 fully saturated rings. The summed E-state index contributed by atoms with van der Waals surface area (Å²) in [6, 6.07) is 2.05. The maximum atomic E-state index is 12.2. The summed E-state index contributed by atoms with van der Waals surface area (Å²) >= 11 is 1.65. The van der Waals surface area contributed by atoms with Gasteiger partial charge in [-0.05, 0) is 18.9 Å². The van der Waals surface area contributed by atoms with Crippen LogP contribution in [0.15, 0.2) is 11.4 Å². The molecule has 0 atom stereocenters. The topological polar surface area (TPSA) is 46.3 Å². The van der Waals surface area contributed by atoms with Gasteiger partial charge in [0.2, 0.25) is 5.91 Å². The van der Waals surface area contributed by atoms with Gasteiger partial charge in [0.05, 0.1) is 13.1 Å². The highest BCUT2D eigenvalue weighted by Crippen LogP contribution is 2.27. The van der Waals surface area contributed by atoms with Crippen molar-refractivity contribution in [1.29, 1.82) is 0 Å². The van der Waals surface area contributed by atoms with E-state index in [9.17, 15) is 4.79 Å². The second kappa shape index (κ2) is 6.74. The van der Waals surface area contributed by atoms with Crippen LogP contribution in [-0.2, 0) is 11.3 Å². The van der Waals surface area contributed by atoms with Crippen molar-refractivity contribution in [3.8, 4) is 11.8 Å². The second-order valence-corrected chi connectivity index (χ2v) is 5.98. The molecule has 1 aliphatic carbocycles. The monoisotopic (exact) mass is 276 g/mol. The summed E-state index contributed by atoms with van der Waals surface area (Å²) in [7, 11) is 1.89. The zero-order valence-electron chi connectivity index (χ0n) is 11.3. The van der Waals surface area contributed by atoms with Gasteiger partial charge in [0, 0.05) is 28.8 Å². The number of nitrogens with two attached hydrogens (primary N) is 1. The zero-order valence-corrected chi connectivity index (χ0v) is 12.1. The van der Waals surface area contributed by atoms with Crippen LogP contribution < -0.4 is 5.73 Å². The molecule has 4 heteroatoms. The fourth-order valence-electron chi connectivity index (χ4n) is 2.48. The van der Waals surface area contributed by atoms with Gasteiger partial charge in [0.15, 0.2) is 0 Å². The fraction of sp³-hybridized carbons (Fsp3) is 0.533. The standard InChI is InChI=1S/C15H20N2OS/c1-17(15(18)13-6-2-3-7-13)10-14-9-12(11-19-14)5-4-8-16/h9,11,13H,2-3,6-8,10,16H2,1H3. The molecule has 1 amide bonds. The number of hydrogen-bond donors (Lipinski definition) is 1. The Morgan fingerprint density at radius 2 is 2.26 bits per heavy atom. The molecule has 0 aliphatic heterocycles. The van der Waals surface area contributed by atoms with Crippen molar-refractivity contribution in [2.24, 2.45) is 11.7 Å². The van der Waals surface area contributed by atoms with Gasteiger partial charge in [-0.25, -0.2) is 0 Å². The fourth-order valence-corrected chi connectivity index (χ4v) is 3.35. The summed E-state index contributed by atoms with van der Waals surface area (Å²) in [6.45, 7) is 1.07. The number of nitrogens with zero attached hydrogens (tertiary/aromatic N) is 1. The Bertz CT molecular complexity index is 492. The molecule has 1 aliphatic rings. The van der Waals surface area contributed by atoms with Gasteiger partial charge >= 0.3 is 0 Å². The first-order valence-corrected chi connectivity index (χ1v) is 7.60. The van der Waals surface area contributed by atoms with Crippen LogP contribution in [0.2, 0.25) is 0 Å². The van der Waals surface area contributed by atoms with E-state index in [0.29, 0.717) is 19.0 Å². The van der Waals surface area contributed by atoms with Gasteiger partial charge in [-0.3, -0.25) is 4.79 Å². The van der Waals surface area contributed by atoms with Crippen molar-refractivity contribution in [3.05, 3.63) is 21.9 Å². The molecule has 3 nitrogen and oxygen atoms in total. The van der Waals surface area contributed by atoms with E-state index in [1.54, 1.807) is 11.3 Å². The van der Waals surface area contributed by atoms with Gasteiger partial charge in [0.25, 0.3) is 0 Å². The van der Waals surface area contributed by atoms with Gasteiger partial charge in [-0.2, -0.15) is 0 Å². The van der Waals surface area contributed by atoms with Crippen LogP contribution in [0.1, 0.15) is 36.1 Å². The van der Waals surface area contributed by atoms with Gasteiger partial charge in [-0.1, -0.05) is 24.7 Å². The van der Waals surface area contributed by atoms with E-state index in [0.717, 1.165) is 18.4 Å². The Morgan fingerprint density at radius 1 is 1.53 bits per heavy atom. The third-order valence-electron chi connectivity index (χ3n) is 3.46. The number of hydrogen-bond acceptors (Lipinski definition) is 3. The normalized spacial score (nSPS) is 15.1. The molecule has 0 aromatic carbocycles. The minimum absolute atomic E-state index is 0.251. The van der Waals surface area contributed by atoms with Gasteiger partial charge < -0.3 is 10.6 Å². The predicted molar refractivity (Wildman–Crippen MR) is 78.7 cm³/mol. The van der Waals surface area contributed by atoms with Crippen molar-refractivity contribution < 1.29 is 4.79 Å². The summed E-state index contributed by atoms with van der Waals surface area (Å²) in [5, 5.41) is 2.02. The molecular weight excluding hydrogens is 256 g/mol. The molecule has 0 radical (unpaired) electrons. The number of thiophene rings is 1. The lowest BCUT2D eigenvalue weighted by Crippen LogP contribution is -2.31. The number of amides is 1. The predicted octanol–water partition coefficient (Wildman–Crippen LogP) is 2.21. The molecule has 0 bridgehead atoms. The van der Waals surface area contributed by atoms with Crippen LogP contribution in [0.25, 0.3) is 0 Å². The summed E-state index contributed by atoms with van der Waals surface area (Å²) in [5.41, 5.74) is 6.34. The average molecular weight is 276 g/mol. The summed E-state index contributed by atoms with van der Waals surface area (Å²) < 4.78 is 0. The van der Waals surface area contributed by atoms with Crippen molar-refractivity contribution in [1.82, 2.24) is 4.90 Å². The quantitative estimate of drug-likeness (QED) is 0.860. The van der Waals surface area contributed by atoms with Crippen molar-refractivity contribution in [2.75, 3.05) is 13.6 Å². The second-order valence-electron chi connectivity index (χ2n) is 4.98. The van der Waals surface area contributed by atoms with Crippen LogP contribution in [0, 0.1) is 17.8 Å². The first kappa shape index (κ1) is 14.1. The first-order chi connectivity index (χ1) is 9.20. The molecule has 0 spiro atoms. The molecule has 0 saturated heterocycles. The lowest BCUT2D eigenvalue weighted by molar-refractivity contribution is -0.134. The maximum absolute atomic E-state index is 12.2. The molecular formula is C15H20N2OS. The third-order valence-corrected chi connectivity index (χ3v) is 4.38. The molecule has 102 valence electrons. The highest BCUT2D eigenvalue weighted by Gasteiger charge is 2.25. The van der Waals surface area contributed by atoms with Crippen molar-refractivity contribution in [3.63, 3.8) is 0 Å². The number of carbonyl (C=O) groups is 1. The van der Waals surface area contributed by atoms with E-state index < -0.39 is 0 Å². The summed E-state index contributed by atoms with van der Waals surface area (Å²) in [5.74, 6) is 6.40. The lowest BCUT2D eigenvalue weighted by atomic mass is 10.1. The Morgan fingerprint density at radius 3 is 2.95 bits per heavy atom. The Kier molecular flexibility index (Phi) is 5.00. The first-order valence-electron chi connectivity index (χ1n) is 6.72. The minimum Gasteiger partial charge on any atom is -0.340 e. The van der Waals surface area contributed by atoms with Gasteiger partial charge in [0.1, 0.15) is 0 Å². The van der Waals surface area contributed by atoms with E-state index in [4.69, 9.17) is 5.73 Å². The SMILES string of the molecule is CN(Cc1cc(C#CCN)cs1)C(=O)C1CCCC1. The smallest absolute Gasteiger partial charge is 0.225 e.